The minimum atomic E-state index is -0.0665. The highest BCUT2D eigenvalue weighted by Crippen LogP contribution is 2.12. The Kier molecular flexibility index (Phi) is 4.95. The lowest BCUT2D eigenvalue weighted by molar-refractivity contribution is 0.0951. The van der Waals surface area contributed by atoms with E-state index in [1.54, 1.807) is 0 Å². The second-order valence-electron chi connectivity index (χ2n) is 5.14. The molecule has 0 heterocycles. The minimum Gasteiger partial charge on any atom is -0.378 e. The molecule has 0 aliphatic carbocycles. The van der Waals surface area contributed by atoms with Gasteiger partial charge in [-0.25, -0.2) is 0 Å². The molecule has 0 fully saturated rings. The van der Waals surface area contributed by atoms with Gasteiger partial charge in [-0.2, -0.15) is 0 Å². The molecule has 2 aromatic carbocycles. The van der Waals surface area contributed by atoms with Crippen molar-refractivity contribution in [1.29, 1.82) is 0 Å². The second kappa shape index (κ2) is 6.90. The van der Waals surface area contributed by atoms with E-state index < -0.39 is 0 Å². The molecule has 2 aromatic rings. The van der Waals surface area contributed by atoms with Crippen LogP contribution in [0.3, 0.4) is 0 Å². The summed E-state index contributed by atoms with van der Waals surface area (Å²) >= 11 is 0. The molecule has 0 aliphatic rings. The van der Waals surface area contributed by atoms with Gasteiger partial charge in [-0.05, 0) is 35.4 Å². The van der Waals surface area contributed by atoms with Gasteiger partial charge >= 0.3 is 0 Å². The topological polar surface area (TPSA) is 58.4 Å². The number of nitrogens with one attached hydrogen (secondary N) is 1. The molecule has 0 aliphatic heterocycles. The number of anilines is 1. The summed E-state index contributed by atoms with van der Waals surface area (Å²) in [6, 6.07) is 15.5. The number of nitrogens with two attached hydrogens (primary N) is 1. The summed E-state index contributed by atoms with van der Waals surface area (Å²) in [4.78, 5) is 14.1. The SMILES string of the molecule is CN(C)c1ccc(C(=O)NCc2ccc(CN)cc2)cc1. The molecule has 0 saturated carbocycles. The molecule has 4 nitrogen and oxygen atoms in total. The van der Waals surface area contributed by atoms with Crippen LogP contribution in [0.25, 0.3) is 0 Å². The summed E-state index contributed by atoms with van der Waals surface area (Å²) in [6.45, 7) is 1.05. The van der Waals surface area contributed by atoms with Crippen molar-refractivity contribution < 1.29 is 4.79 Å². The van der Waals surface area contributed by atoms with E-state index in [-0.39, 0.29) is 5.91 Å². The first kappa shape index (κ1) is 15.1. The third-order valence-corrected chi connectivity index (χ3v) is 3.36. The zero-order valence-corrected chi connectivity index (χ0v) is 12.5. The largest absolute Gasteiger partial charge is 0.378 e. The Morgan fingerprint density at radius 3 is 2.10 bits per heavy atom. The summed E-state index contributed by atoms with van der Waals surface area (Å²) in [5.41, 5.74) is 9.45. The molecule has 1 amide bonds. The Balaban J connectivity index is 1.94. The Labute approximate surface area is 125 Å². The first-order valence-corrected chi connectivity index (χ1v) is 6.93. The Bertz CT molecular complexity index is 588. The minimum absolute atomic E-state index is 0.0665. The van der Waals surface area contributed by atoms with E-state index in [1.807, 2.05) is 67.5 Å². The molecule has 0 aromatic heterocycles. The van der Waals surface area contributed by atoms with E-state index in [9.17, 15) is 4.79 Å². The van der Waals surface area contributed by atoms with E-state index >= 15 is 0 Å². The predicted molar refractivity (Wildman–Crippen MR) is 86.3 cm³/mol. The fourth-order valence-corrected chi connectivity index (χ4v) is 1.99. The van der Waals surface area contributed by atoms with Crippen molar-refractivity contribution in [3.63, 3.8) is 0 Å². The number of benzene rings is 2. The molecule has 0 unspecified atom stereocenters. The van der Waals surface area contributed by atoms with Crippen LogP contribution in [-0.2, 0) is 13.1 Å². The second-order valence-corrected chi connectivity index (χ2v) is 5.14. The molecule has 21 heavy (non-hydrogen) atoms. The van der Waals surface area contributed by atoms with Crippen LogP contribution in [0.5, 0.6) is 0 Å². The average molecular weight is 283 g/mol. The molecule has 0 spiro atoms. The molecule has 0 bridgehead atoms. The predicted octanol–water partition coefficient (Wildman–Crippen LogP) is 2.14. The van der Waals surface area contributed by atoms with Crippen molar-refractivity contribution in [1.82, 2.24) is 5.32 Å². The average Bonchev–Trinajstić information content (AvgIpc) is 2.53. The van der Waals surface area contributed by atoms with Crippen LogP contribution < -0.4 is 16.0 Å². The summed E-state index contributed by atoms with van der Waals surface area (Å²) in [6.07, 6.45) is 0. The number of hydrogen-bond acceptors (Lipinski definition) is 3. The van der Waals surface area contributed by atoms with Gasteiger partial charge in [0, 0.05) is 38.4 Å². The maximum Gasteiger partial charge on any atom is 0.251 e. The van der Waals surface area contributed by atoms with Crippen molar-refractivity contribution in [3.05, 3.63) is 65.2 Å². The molecule has 0 saturated heterocycles. The molecular weight excluding hydrogens is 262 g/mol. The molecule has 4 heteroatoms. The maximum atomic E-state index is 12.1. The van der Waals surface area contributed by atoms with Gasteiger partial charge in [-0.3, -0.25) is 4.79 Å². The van der Waals surface area contributed by atoms with Gasteiger partial charge in [0.25, 0.3) is 5.91 Å². The van der Waals surface area contributed by atoms with Crippen LogP contribution in [0.1, 0.15) is 21.5 Å². The van der Waals surface area contributed by atoms with Crippen LogP contribution in [-0.4, -0.2) is 20.0 Å². The van der Waals surface area contributed by atoms with Crippen molar-refractivity contribution in [2.45, 2.75) is 13.1 Å². The highest BCUT2D eigenvalue weighted by atomic mass is 16.1. The third-order valence-electron chi connectivity index (χ3n) is 3.36. The normalized spacial score (nSPS) is 10.2. The van der Waals surface area contributed by atoms with E-state index in [2.05, 4.69) is 5.32 Å². The van der Waals surface area contributed by atoms with Gasteiger partial charge in [0.15, 0.2) is 0 Å². The van der Waals surface area contributed by atoms with Gasteiger partial charge in [-0.1, -0.05) is 24.3 Å². The maximum absolute atomic E-state index is 12.1. The number of hydrogen-bond donors (Lipinski definition) is 2. The summed E-state index contributed by atoms with van der Waals surface area (Å²) in [7, 11) is 3.94. The highest BCUT2D eigenvalue weighted by molar-refractivity contribution is 5.94. The van der Waals surface area contributed by atoms with Crippen LogP contribution in [0.2, 0.25) is 0 Å². The number of carbonyl (C=O) groups is 1. The molecule has 110 valence electrons. The molecule has 0 atom stereocenters. The van der Waals surface area contributed by atoms with Crippen molar-refractivity contribution in [2.24, 2.45) is 5.73 Å². The highest BCUT2D eigenvalue weighted by Gasteiger charge is 2.05. The first-order valence-electron chi connectivity index (χ1n) is 6.93. The lowest BCUT2D eigenvalue weighted by atomic mass is 10.1. The van der Waals surface area contributed by atoms with E-state index in [0.717, 1.165) is 16.8 Å². The number of carbonyl (C=O) groups excluding carboxylic acids is 1. The Hall–Kier alpha value is -2.33. The van der Waals surface area contributed by atoms with Crippen molar-refractivity contribution in [3.8, 4) is 0 Å². The van der Waals surface area contributed by atoms with Crippen LogP contribution in [0, 0.1) is 0 Å². The Morgan fingerprint density at radius 1 is 1.00 bits per heavy atom. The number of amides is 1. The van der Waals surface area contributed by atoms with Gasteiger partial charge in [0.2, 0.25) is 0 Å². The summed E-state index contributed by atoms with van der Waals surface area (Å²) in [5.74, 6) is -0.0665. The van der Waals surface area contributed by atoms with Crippen molar-refractivity contribution in [2.75, 3.05) is 19.0 Å². The lowest BCUT2D eigenvalue weighted by Gasteiger charge is -2.12. The molecule has 0 radical (unpaired) electrons. The molecule has 2 rings (SSSR count). The van der Waals surface area contributed by atoms with E-state index in [1.165, 1.54) is 0 Å². The lowest BCUT2D eigenvalue weighted by Crippen LogP contribution is -2.22. The smallest absolute Gasteiger partial charge is 0.251 e. The molecular formula is C17H21N3O. The third kappa shape index (κ3) is 4.07. The fourth-order valence-electron chi connectivity index (χ4n) is 1.99. The van der Waals surface area contributed by atoms with Crippen LogP contribution in [0.4, 0.5) is 5.69 Å². The van der Waals surface area contributed by atoms with Gasteiger partial charge in [0.1, 0.15) is 0 Å². The van der Waals surface area contributed by atoms with Gasteiger partial charge in [-0.15, -0.1) is 0 Å². The quantitative estimate of drug-likeness (QED) is 0.884. The monoisotopic (exact) mass is 283 g/mol. The zero-order chi connectivity index (χ0) is 15.2. The van der Waals surface area contributed by atoms with Crippen molar-refractivity contribution >= 4 is 11.6 Å². The fraction of sp³-hybridized carbons (Fsp3) is 0.235. The summed E-state index contributed by atoms with van der Waals surface area (Å²) < 4.78 is 0. The zero-order valence-electron chi connectivity index (χ0n) is 12.5. The standard InChI is InChI=1S/C17H21N3O/c1-20(2)16-9-7-15(8-10-16)17(21)19-12-14-5-3-13(11-18)4-6-14/h3-10H,11-12,18H2,1-2H3,(H,19,21). The summed E-state index contributed by atoms with van der Waals surface area (Å²) in [5, 5.41) is 2.92. The molecule has 3 N–H and O–H groups in total. The Morgan fingerprint density at radius 2 is 1.57 bits per heavy atom. The van der Waals surface area contributed by atoms with Crippen LogP contribution >= 0.6 is 0 Å². The first-order chi connectivity index (χ1) is 10.1. The van der Waals surface area contributed by atoms with E-state index in [4.69, 9.17) is 5.73 Å². The van der Waals surface area contributed by atoms with Gasteiger partial charge in [0.05, 0.1) is 0 Å². The van der Waals surface area contributed by atoms with Crippen LogP contribution in [0.15, 0.2) is 48.5 Å². The number of nitrogens with zero attached hydrogens (tertiary/aromatic N) is 1. The van der Waals surface area contributed by atoms with Gasteiger partial charge < -0.3 is 16.0 Å². The number of rotatable bonds is 5. The van der Waals surface area contributed by atoms with E-state index in [0.29, 0.717) is 18.7 Å².